The third-order valence-electron chi connectivity index (χ3n) is 11.8. The van der Waals surface area contributed by atoms with Crippen molar-refractivity contribution >= 4 is 48.0 Å². The number of nitrogens with one attached hydrogen (secondary N) is 2. The van der Waals surface area contributed by atoms with Gasteiger partial charge in [0, 0.05) is 54.4 Å². The van der Waals surface area contributed by atoms with Crippen LogP contribution in [0.1, 0.15) is 45.4 Å². The van der Waals surface area contributed by atoms with Gasteiger partial charge in [0.15, 0.2) is 25.7 Å². The van der Waals surface area contributed by atoms with Crippen molar-refractivity contribution in [3.05, 3.63) is 66.1 Å². The summed E-state index contributed by atoms with van der Waals surface area (Å²) in [6, 6.07) is 11.5. The Hall–Kier alpha value is -4.31. The Morgan fingerprint density at radius 1 is 0.945 bits per heavy atom. The summed E-state index contributed by atoms with van der Waals surface area (Å²) in [5, 5.41) is 13.5. The molecule has 18 heteroatoms. The number of benzene rings is 2. The van der Waals surface area contributed by atoms with Gasteiger partial charge in [-0.05, 0) is 75.8 Å². The molecule has 4 aromatic rings. The molecule has 2 unspecified atom stereocenters. The zero-order chi connectivity index (χ0) is 38.5. The number of sulfone groups is 1. The van der Waals surface area contributed by atoms with Crippen molar-refractivity contribution in [3.8, 4) is 27.9 Å². The highest BCUT2D eigenvalue weighted by Gasteiger charge is 2.56. The highest BCUT2D eigenvalue weighted by Crippen LogP contribution is 2.51. The highest BCUT2D eigenvalue weighted by molar-refractivity contribution is 7.93. The average Bonchev–Trinajstić information content (AvgIpc) is 3.63. The molecule has 2 bridgehead atoms. The lowest BCUT2D eigenvalue weighted by Gasteiger charge is -2.53. The van der Waals surface area contributed by atoms with E-state index in [4.69, 9.17) is 9.97 Å². The van der Waals surface area contributed by atoms with Crippen LogP contribution in [0.2, 0.25) is 0 Å². The summed E-state index contributed by atoms with van der Waals surface area (Å²) < 4.78 is 97.7. The number of halogens is 3. The Morgan fingerprint density at radius 2 is 1.62 bits per heavy atom. The van der Waals surface area contributed by atoms with Crippen LogP contribution >= 0.6 is 11.3 Å². The van der Waals surface area contributed by atoms with E-state index in [0.29, 0.717) is 40.5 Å². The lowest BCUT2D eigenvalue weighted by Crippen LogP contribution is -2.60. The monoisotopic (exact) mass is 810 g/mol. The lowest BCUT2D eigenvalue weighted by molar-refractivity contribution is 0.0340. The second-order valence-electron chi connectivity index (χ2n) is 16.0. The summed E-state index contributed by atoms with van der Waals surface area (Å²) in [6.45, 7) is 3.61. The maximum Gasteiger partial charge on any atom is 0.267 e. The van der Waals surface area contributed by atoms with Gasteiger partial charge in [0.25, 0.3) is 10.0 Å². The van der Waals surface area contributed by atoms with Gasteiger partial charge in [-0.3, -0.25) is 9.62 Å². The number of likely N-dealkylation sites (tertiary alicyclic amines) is 1. The molecule has 2 N–H and O–H groups in total. The number of thiazole rings is 1. The summed E-state index contributed by atoms with van der Waals surface area (Å²) in [4.78, 5) is 18.3. The van der Waals surface area contributed by atoms with Crippen LogP contribution in [0, 0.1) is 39.6 Å². The first-order chi connectivity index (χ1) is 26.1. The molecule has 9 rings (SSSR count). The molecule has 5 heterocycles. The largest absolute Gasteiger partial charge is 0.351 e. The fourth-order valence-corrected chi connectivity index (χ4v) is 14.0. The number of aromatic nitrogens is 3. The zero-order valence-corrected chi connectivity index (χ0v) is 32.1. The van der Waals surface area contributed by atoms with Crippen LogP contribution in [0.5, 0.6) is 0 Å². The molecule has 0 amide bonds. The third kappa shape index (κ3) is 6.42. The van der Waals surface area contributed by atoms with Crippen molar-refractivity contribution in [1.82, 2.24) is 19.9 Å². The molecule has 2 saturated carbocycles. The topological polar surface area (TPSA) is 161 Å². The first kappa shape index (κ1) is 36.3. The van der Waals surface area contributed by atoms with Crippen LogP contribution in [-0.2, 0) is 19.9 Å². The molecule has 2 aliphatic carbocycles. The van der Waals surface area contributed by atoms with Crippen molar-refractivity contribution in [2.24, 2.45) is 10.8 Å². The SMILES string of the molecule is CC1(C#N)CC(N2CC3CCC(C2)N3c2nc(-c3cccc(NS(=O)(=O)c4c(F)cccc4F)c3F)c(-c3ccnc(NC4CC5(C4)CS(=O)(=O)C5)n3)s2)C1. The van der Waals surface area contributed by atoms with Crippen LogP contribution in [0.15, 0.2) is 53.6 Å². The minimum atomic E-state index is -4.87. The molecule has 288 valence electrons. The van der Waals surface area contributed by atoms with E-state index in [1.54, 1.807) is 12.3 Å². The Bertz CT molecular complexity index is 2430. The molecule has 2 atom stereocenters. The summed E-state index contributed by atoms with van der Waals surface area (Å²) >= 11 is 1.35. The summed E-state index contributed by atoms with van der Waals surface area (Å²) in [5.41, 5.74) is -0.365. The maximum absolute atomic E-state index is 16.6. The highest BCUT2D eigenvalue weighted by atomic mass is 32.2. The lowest BCUT2D eigenvalue weighted by atomic mass is 9.67. The number of anilines is 3. The second-order valence-corrected chi connectivity index (χ2v) is 20.7. The number of fused-ring (bicyclic) bond motifs is 2. The average molecular weight is 811 g/mol. The van der Waals surface area contributed by atoms with Gasteiger partial charge in [-0.1, -0.05) is 23.5 Å². The normalized spacial score (nSPS) is 26.8. The molecule has 5 fully saturated rings. The van der Waals surface area contributed by atoms with E-state index >= 15 is 4.39 Å². The quantitative estimate of drug-likeness (QED) is 0.210. The fraction of sp³-hybridized carbons (Fsp3) is 0.459. The van der Waals surface area contributed by atoms with Crippen molar-refractivity contribution in [2.45, 2.75) is 74.5 Å². The molecular formula is C37H37F3N8O4S3. The standard InChI is InChI=1S/C37H37F3N8O4S3/c1-36(18-41)14-24(15-36)47-16-22-8-9-23(17-47)48(22)35-45-31(25-4-2-7-28(30(25)40)46-55(51,52)33-26(38)5-3-6-27(33)39)32(53-35)29-10-11-42-34(44-29)43-21-12-37(13-21)19-54(49,50)20-37/h2-7,10-11,21-24,46H,8-9,12-17,19-20H2,1H3,(H,42,43,44). The summed E-state index contributed by atoms with van der Waals surface area (Å²) in [5.74, 6) is -2.90. The van der Waals surface area contributed by atoms with Gasteiger partial charge < -0.3 is 10.2 Å². The Kier molecular flexibility index (Phi) is 8.50. The number of sulfonamides is 1. The predicted molar refractivity (Wildman–Crippen MR) is 201 cm³/mol. The van der Waals surface area contributed by atoms with Gasteiger partial charge in [-0.25, -0.2) is 45.0 Å². The van der Waals surface area contributed by atoms with Crippen molar-refractivity contribution in [2.75, 3.05) is 39.5 Å². The summed E-state index contributed by atoms with van der Waals surface area (Å²) in [6.07, 6.45) is 6.51. The number of rotatable bonds is 9. The first-order valence-corrected chi connectivity index (χ1v) is 22.3. The smallest absolute Gasteiger partial charge is 0.267 e. The molecule has 2 aromatic heterocycles. The second kappa shape index (κ2) is 12.9. The summed E-state index contributed by atoms with van der Waals surface area (Å²) in [7, 11) is -7.84. The van der Waals surface area contributed by atoms with Crippen molar-refractivity contribution in [1.29, 1.82) is 5.26 Å². The van der Waals surface area contributed by atoms with Crippen molar-refractivity contribution in [3.63, 3.8) is 0 Å². The number of nitrogens with zero attached hydrogens (tertiary/aromatic N) is 6. The Morgan fingerprint density at radius 3 is 2.27 bits per heavy atom. The predicted octanol–water partition coefficient (Wildman–Crippen LogP) is 5.82. The third-order valence-corrected chi connectivity index (χ3v) is 16.4. The minimum absolute atomic E-state index is 0.00251. The molecule has 12 nitrogen and oxygen atoms in total. The molecule has 0 radical (unpaired) electrons. The molecule has 2 aromatic carbocycles. The maximum atomic E-state index is 16.6. The number of hydrogen-bond acceptors (Lipinski definition) is 12. The number of piperazine rings is 1. The fourth-order valence-electron chi connectivity index (χ4n) is 9.33. The van der Waals surface area contributed by atoms with Crippen LogP contribution in [0.3, 0.4) is 0 Å². The van der Waals surface area contributed by atoms with Gasteiger partial charge in [-0.2, -0.15) is 5.26 Å². The van der Waals surface area contributed by atoms with Gasteiger partial charge in [0.1, 0.15) is 11.6 Å². The molecule has 3 saturated heterocycles. The van der Waals surface area contributed by atoms with Gasteiger partial charge >= 0.3 is 0 Å². The molecule has 1 spiro atoms. The van der Waals surface area contributed by atoms with Gasteiger partial charge in [-0.15, -0.1) is 0 Å². The molecule has 55 heavy (non-hydrogen) atoms. The Balaban J connectivity index is 1.05. The van der Waals surface area contributed by atoms with E-state index < -0.39 is 47.9 Å². The van der Waals surface area contributed by atoms with E-state index in [9.17, 15) is 30.9 Å². The number of nitriles is 1. The first-order valence-electron chi connectivity index (χ1n) is 18.1. The van der Waals surface area contributed by atoms with E-state index in [2.05, 4.69) is 26.2 Å². The minimum Gasteiger partial charge on any atom is -0.351 e. The van der Waals surface area contributed by atoms with E-state index in [-0.39, 0.29) is 51.7 Å². The number of hydrogen-bond donors (Lipinski definition) is 2. The van der Waals surface area contributed by atoms with Gasteiger partial charge in [0.2, 0.25) is 5.95 Å². The van der Waals surface area contributed by atoms with E-state index in [1.807, 2.05) is 11.6 Å². The van der Waals surface area contributed by atoms with Crippen molar-refractivity contribution < 1.29 is 30.0 Å². The molecule has 5 aliphatic rings. The van der Waals surface area contributed by atoms with Crippen LogP contribution < -0.4 is 14.9 Å². The van der Waals surface area contributed by atoms with Crippen LogP contribution in [0.25, 0.3) is 21.8 Å². The molecule has 3 aliphatic heterocycles. The van der Waals surface area contributed by atoms with Crippen LogP contribution in [-0.4, -0.2) is 85.5 Å². The van der Waals surface area contributed by atoms with E-state index in [0.717, 1.165) is 57.0 Å². The van der Waals surface area contributed by atoms with Gasteiger partial charge in [0.05, 0.1) is 44.9 Å². The Labute approximate surface area is 320 Å². The van der Waals surface area contributed by atoms with Crippen LogP contribution in [0.4, 0.5) is 29.9 Å². The zero-order valence-electron chi connectivity index (χ0n) is 29.7. The molecular weight excluding hydrogens is 774 g/mol. The van der Waals surface area contributed by atoms with E-state index in [1.165, 1.54) is 29.5 Å².